The highest BCUT2D eigenvalue weighted by molar-refractivity contribution is 5.63. The van der Waals surface area contributed by atoms with Gasteiger partial charge in [0, 0.05) is 38.1 Å². The van der Waals surface area contributed by atoms with Crippen LogP contribution in [0, 0.1) is 0 Å². The van der Waals surface area contributed by atoms with Crippen LogP contribution < -0.4 is 15.5 Å². The molecular formula is C13H21N3. The molecule has 0 aromatic heterocycles. The lowest BCUT2D eigenvalue weighted by atomic mass is 10.1. The normalized spacial score (nSPS) is 14.0. The lowest BCUT2D eigenvalue weighted by Gasteiger charge is -2.19. The van der Waals surface area contributed by atoms with Crippen LogP contribution in [0.15, 0.2) is 18.2 Å². The van der Waals surface area contributed by atoms with E-state index < -0.39 is 0 Å². The van der Waals surface area contributed by atoms with Gasteiger partial charge in [-0.1, -0.05) is 6.92 Å². The minimum atomic E-state index is 1.05. The molecular weight excluding hydrogens is 198 g/mol. The third-order valence-corrected chi connectivity index (χ3v) is 3.17. The van der Waals surface area contributed by atoms with E-state index in [9.17, 15) is 0 Å². The highest BCUT2D eigenvalue weighted by Crippen LogP contribution is 2.29. The molecule has 16 heavy (non-hydrogen) atoms. The second-order valence-corrected chi connectivity index (χ2v) is 4.18. The van der Waals surface area contributed by atoms with Crippen molar-refractivity contribution in [3.63, 3.8) is 0 Å². The average molecular weight is 219 g/mol. The van der Waals surface area contributed by atoms with Crippen LogP contribution in [-0.2, 0) is 6.42 Å². The van der Waals surface area contributed by atoms with Crippen LogP contribution in [0.25, 0.3) is 0 Å². The topological polar surface area (TPSA) is 27.3 Å². The summed E-state index contributed by atoms with van der Waals surface area (Å²) in [6.07, 6.45) is 1.18. The quantitative estimate of drug-likeness (QED) is 0.738. The van der Waals surface area contributed by atoms with Crippen LogP contribution >= 0.6 is 0 Å². The molecule has 0 atom stereocenters. The van der Waals surface area contributed by atoms with E-state index >= 15 is 0 Å². The molecule has 3 heteroatoms. The monoisotopic (exact) mass is 219 g/mol. The Morgan fingerprint density at radius 1 is 1.38 bits per heavy atom. The minimum absolute atomic E-state index is 1.05. The molecule has 2 N–H and O–H groups in total. The van der Waals surface area contributed by atoms with Crippen molar-refractivity contribution >= 4 is 11.4 Å². The summed E-state index contributed by atoms with van der Waals surface area (Å²) in [6, 6.07) is 6.66. The van der Waals surface area contributed by atoms with Gasteiger partial charge in [-0.05, 0) is 36.7 Å². The van der Waals surface area contributed by atoms with Crippen molar-refractivity contribution in [2.75, 3.05) is 43.4 Å². The molecule has 1 aromatic carbocycles. The predicted molar refractivity (Wildman–Crippen MR) is 70.4 cm³/mol. The van der Waals surface area contributed by atoms with Gasteiger partial charge < -0.3 is 15.5 Å². The molecule has 0 saturated heterocycles. The van der Waals surface area contributed by atoms with Crippen molar-refractivity contribution in [1.82, 2.24) is 5.32 Å². The average Bonchev–Trinajstić information content (AvgIpc) is 2.72. The number of rotatable bonds is 5. The standard InChI is InChI=1S/C13H21N3/c1-3-15-7-9-16-8-6-11-10-12(14-2)4-5-13(11)16/h4-5,10,14-15H,3,6-9H2,1-2H3. The first kappa shape index (κ1) is 11.3. The summed E-state index contributed by atoms with van der Waals surface area (Å²) in [7, 11) is 1.97. The largest absolute Gasteiger partial charge is 0.388 e. The molecule has 0 fully saturated rings. The fourth-order valence-corrected chi connectivity index (χ4v) is 2.25. The molecule has 1 aromatic rings. The van der Waals surface area contributed by atoms with Crippen molar-refractivity contribution < 1.29 is 0 Å². The van der Waals surface area contributed by atoms with Crippen molar-refractivity contribution in [3.05, 3.63) is 23.8 Å². The van der Waals surface area contributed by atoms with Crippen molar-refractivity contribution in [3.8, 4) is 0 Å². The molecule has 1 heterocycles. The molecule has 0 bridgehead atoms. The molecule has 1 aliphatic rings. The van der Waals surface area contributed by atoms with E-state index in [1.165, 1.54) is 23.4 Å². The van der Waals surface area contributed by atoms with Gasteiger partial charge >= 0.3 is 0 Å². The van der Waals surface area contributed by atoms with Crippen LogP contribution in [0.4, 0.5) is 11.4 Å². The fraction of sp³-hybridized carbons (Fsp3) is 0.538. The van der Waals surface area contributed by atoms with Gasteiger partial charge in [0.1, 0.15) is 0 Å². The fourth-order valence-electron chi connectivity index (χ4n) is 2.25. The van der Waals surface area contributed by atoms with E-state index in [0.717, 1.165) is 26.2 Å². The van der Waals surface area contributed by atoms with Gasteiger partial charge in [0.2, 0.25) is 0 Å². The lowest BCUT2D eigenvalue weighted by molar-refractivity contribution is 0.691. The number of hydrogen-bond acceptors (Lipinski definition) is 3. The van der Waals surface area contributed by atoms with E-state index in [4.69, 9.17) is 0 Å². The Bertz CT molecular complexity index is 349. The number of likely N-dealkylation sites (N-methyl/N-ethyl adjacent to an activating group) is 1. The molecule has 3 nitrogen and oxygen atoms in total. The Hall–Kier alpha value is -1.22. The van der Waals surface area contributed by atoms with E-state index in [-0.39, 0.29) is 0 Å². The van der Waals surface area contributed by atoms with E-state index in [2.05, 4.69) is 40.7 Å². The maximum absolute atomic E-state index is 3.37. The lowest BCUT2D eigenvalue weighted by Crippen LogP contribution is -2.30. The Balaban J connectivity index is 2.02. The molecule has 0 radical (unpaired) electrons. The second kappa shape index (κ2) is 5.21. The summed E-state index contributed by atoms with van der Waals surface area (Å²) in [4.78, 5) is 2.47. The zero-order valence-electron chi connectivity index (χ0n) is 10.2. The first-order valence-electron chi connectivity index (χ1n) is 6.11. The molecule has 0 amide bonds. The summed E-state index contributed by atoms with van der Waals surface area (Å²) >= 11 is 0. The Kier molecular flexibility index (Phi) is 3.67. The maximum Gasteiger partial charge on any atom is 0.0401 e. The summed E-state index contributed by atoms with van der Waals surface area (Å²) in [5.41, 5.74) is 4.10. The van der Waals surface area contributed by atoms with Crippen molar-refractivity contribution in [2.45, 2.75) is 13.3 Å². The zero-order valence-corrected chi connectivity index (χ0v) is 10.2. The number of fused-ring (bicyclic) bond motifs is 1. The number of nitrogens with zero attached hydrogens (tertiary/aromatic N) is 1. The number of hydrogen-bond donors (Lipinski definition) is 2. The molecule has 1 aliphatic heterocycles. The van der Waals surface area contributed by atoms with Gasteiger partial charge in [0.05, 0.1) is 0 Å². The molecule has 0 aliphatic carbocycles. The van der Waals surface area contributed by atoms with Crippen molar-refractivity contribution in [1.29, 1.82) is 0 Å². The molecule has 0 saturated carbocycles. The first-order chi connectivity index (χ1) is 7.85. The summed E-state index contributed by atoms with van der Waals surface area (Å²) in [6.45, 7) is 6.55. The van der Waals surface area contributed by atoms with E-state index in [1.54, 1.807) is 0 Å². The number of benzene rings is 1. The predicted octanol–water partition coefficient (Wildman–Crippen LogP) is 1.70. The van der Waals surface area contributed by atoms with Crippen LogP contribution in [-0.4, -0.2) is 33.2 Å². The third-order valence-electron chi connectivity index (χ3n) is 3.17. The highest BCUT2D eigenvalue weighted by atomic mass is 15.2. The summed E-state index contributed by atoms with van der Waals surface area (Å²) in [5.74, 6) is 0. The smallest absolute Gasteiger partial charge is 0.0401 e. The van der Waals surface area contributed by atoms with Gasteiger partial charge in [0.25, 0.3) is 0 Å². The zero-order chi connectivity index (χ0) is 11.4. The minimum Gasteiger partial charge on any atom is -0.388 e. The van der Waals surface area contributed by atoms with E-state index in [0.29, 0.717) is 0 Å². The number of nitrogens with one attached hydrogen (secondary N) is 2. The second-order valence-electron chi connectivity index (χ2n) is 4.18. The van der Waals surface area contributed by atoms with Crippen molar-refractivity contribution in [2.24, 2.45) is 0 Å². The Morgan fingerprint density at radius 3 is 3.00 bits per heavy atom. The maximum atomic E-state index is 3.37. The van der Waals surface area contributed by atoms with Gasteiger partial charge in [-0.25, -0.2) is 0 Å². The van der Waals surface area contributed by atoms with Gasteiger partial charge in [-0.3, -0.25) is 0 Å². The SMILES string of the molecule is CCNCCN1CCc2cc(NC)ccc21. The van der Waals surface area contributed by atoms with Gasteiger partial charge in [-0.15, -0.1) is 0 Å². The van der Waals surface area contributed by atoms with Crippen LogP contribution in [0.5, 0.6) is 0 Å². The summed E-state index contributed by atoms with van der Waals surface area (Å²) < 4.78 is 0. The molecule has 0 spiro atoms. The molecule has 88 valence electrons. The summed E-state index contributed by atoms with van der Waals surface area (Å²) in [5, 5.41) is 6.57. The molecule has 0 unspecified atom stereocenters. The van der Waals surface area contributed by atoms with E-state index in [1.807, 2.05) is 7.05 Å². The van der Waals surface area contributed by atoms with Gasteiger partial charge in [0.15, 0.2) is 0 Å². The van der Waals surface area contributed by atoms with Crippen LogP contribution in [0.1, 0.15) is 12.5 Å². The highest BCUT2D eigenvalue weighted by Gasteiger charge is 2.18. The Morgan fingerprint density at radius 2 is 2.25 bits per heavy atom. The third kappa shape index (κ3) is 2.30. The van der Waals surface area contributed by atoms with Gasteiger partial charge in [-0.2, -0.15) is 0 Å². The van der Waals surface area contributed by atoms with Crippen LogP contribution in [0.2, 0.25) is 0 Å². The number of anilines is 2. The first-order valence-corrected chi connectivity index (χ1v) is 6.11. The Labute approximate surface area is 97.8 Å². The molecule has 2 rings (SSSR count). The van der Waals surface area contributed by atoms with Crippen LogP contribution in [0.3, 0.4) is 0 Å².